The van der Waals surface area contributed by atoms with Gasteiger partial charge < -0.3 is 26.2 Å². The molecule has 1 aromatic carbocycles. The Balaban J connectivity index is 1.72. The molecule has 2 heterocycles. The van der Waals surface area contributed by atoms with Crippen LogP contribution in [0.1, 0.15) is 27.5 Å². The van der Waals surface area contributed by atoms with Crippen LogP contribution in [0.2, 0.25) is 0 Å². The van der Waals surface area contributed by atoms with Crippen LogP contribution < -0.4 is 11.5 Å². The molecule has 1 unspecified atom stereocenters. The first-order valence-electron chi connectivity index (χ1n) is 8.39. The topological polar surface area (TPSA) is 140 Å². The van der Waals surface area contributed by atoms with E-state index in [2.05, 4.69) is 9.97 Å². The van der Waals surface area contributed by atoms with E-state index in [1.54, 1.807) is 53.4 Å². The number of anilines is 2. The predicted molar refractivity (Wildman–Crippen MR) is 101 cm³/mol. The summed E-state index contributed by atoms with van der Waals surface area (Å²) in [5.41, 5.74) is 13.6. The Kier molecular flexibility index (Phi) is 5.49. The van der Waals surface area contributed by atoms with Gasteiger partial charge in [0, 0.05) is 23.6 Å². The van der Waals surface area contributed by atoms with Gasteiger partial charge in [-0.1, -0.05) is 6.07 Å². The molecule has 3 rings (SSSR count). The first-order chi connectivity index (χ1) is 12.9. The van der Waals surface area contributed by atoms with Gasteiger partial charge in [-0.3, -0.25) is 4.79 Å². The Labute approximate surface area is 156 Å². The van der Waals surface area contributed by atoms with Crippen LogP contribution in [-0.2, 0) is 13.0 Å². The van der Waals surface area contributed by atoms with Gasteiger partial charge in [-0.2, -0.15) is 0 Å². The number of pyridine rings is 1. The van der Waals surface area contributed by atoms with Crippen LogP contribution in [0.25, 0.3) is 0 Å². The van der Waals surface area contributed by atoms with Crippen LogP contribution in [0.5, 0.6) is 0 Å². The lowest BCUT2D eigenvalue weighted by Gasteiger charge is -2.16. The van der Waals surface area contributed by atoms with E-state index in [0.29, 0.717) is 29.2 Å². The number of nitrogens with zero attached hydrogens (tertiary/aromatic N) is 3. The summed E-state index contributed by atoms with van der Waals surface area (Å²) in [6.45, 7) is 0.0919. The van der Waals surface area contributed by atoms with Crippen LogP contribution >= 0.6 is 0 Å². The number of rotatable bonds is 7. The summed E-state index contributed by atoms with van der Waals surface area (Å²) in [7, 11) is 0. The van der Waals surface area contributed by atoms with Crippen LogP contribution in [0.3, 0.4) is 0 Å². The molecule has 0 fully saturated rings. The van der Waals surface area contributed by atoms with E-state index in [1.165, 1.54) is 6.33 Å². The molecule has 0 spiro atoms. The molecular formula is C19H21N5O3. The zero-order chi connectivity index (χ0) is 19.4. The minimum absolute atomic E-state index is 0.0919. The third-order valence-electron chi connectivity index (χ3n) is 4.26. The molecular weight excluding hydrogens is 346 g/mol. The number of nitrogen functional groups attached to an aromatic ring is 2. The monoisotopic (exact) mass is 367 g/mol. The summed E-state index contributed by atoms with van der Waals surface area (Å²) < 4.78 is 1.62. The molecule has 0 radical (unpaired) electrons. The van der Waals surface area contributed by atoms with Gasteiger partial charge in [-0.05, 0) is 42.3 Å². The second-order valence-corrected chi connectivity index (χ2v) is 6.33. The summed E-state index contributed by atoms with van der Waals surface area (Å²) in [6, 6.07) is 10.1. The number of carbonyl (C=O) groups is 1. The molecule has 0 aliphatic heterocycles. The summed E-state index contributed by atoms with van der Waals surface area (Å²) in [5.74, 6) is -0.351. The Hall–Kier alpha value is -3.23. The van der Waals surface area contributed by atoms with Gasteiger partial charge in [0.15, 0.2) is 12.1 Å². The molecule has 8 nitrogen and oxygen atoms in total. The Morgan fingerprint density at radius 2 is 1.81 bits per heavy atom. The maximum atomic E-state index is 12.4. The van der Waals surface area contributed by atoms with Gasteiger partial charge in [0.1, 0.15) is 5.82 Å². The van der Waals surface area contributed by atoms with E-state index in [4.69, 9.17) is 11.5 Å². The van der Waals surface area contributed by atoms with Crippen molar-refractivity contribution in [3.8, 4) is 0 Å². The predicted octanol–water partition coefficient (Wildman–Crippen LogP) is 0.962. The molecule has 0 aliphatic rings. The lowest BCUT2D eigenvalue weighted by Crippen LogP contribution is -2.20. The molecule has 0 saturated carbocycles. The van der Waals surface area contributed by atoms with E-state index in [1.807, 2.05) is 0 Å². The number of hydrogen-bond donors (Lipinski definition) is 4. The number of carbonyl (C=O) groups excluding carboxylic acids is 1. The van der Waals surface area contributed by atoms with Gasteiger partial charge in [-0.15, -0.1) is 0 Å². The quantitative estimate of drug-likeness (QED) is 0.277. The number of imidazole rings is 1. The fraction of sp³-hybridized carbons (Fsp3) is 0.211. The SMILES string of the molecule is Nc1ccc(C(=O)Cn2cnc(C(Cc3ccc(N)nc3)C(O)O)c2)cc1. The van der Waals surface area contributed by atoms with Crippen molar-refractivity contribution in [2.24, 2.45) is 0 Å². The molecule has 1 atom stereocenters. The first kappa shape index (κ1) is 18.6. The maximum Gasteiger partial charge on any atom is 0.182 e. The average Bonchev–Trinajstić information content (AvgIpc) is 3.09. The van der Waals surface area contributed by atoms with Gasteiger partial charge in [-0.25, -0.2) is 9.97 Å². The zero-order valence-corrected chi connectivity index (χ0v) is 14.6. The smallest absolute Gasteiger partial charge is 0.182 e. The van der Waals surface area contributed by atoms with Crippen molar-refractivity contribution in [1.29, 1.82) is 0 Å². The lowest BCUT2D eigenvalue weighted by molar-refractivity contribution is -0.0610. The number of aromatic nitrogens is 3. The molecule has 6 N–H and O–H groups in total. The summed E-state index contributed by atoms with van der Waals surface area (Å²) in [5, 5.41) is 19.5. The summed E-state index contributed by atoms with van der Waals surface area (Å²) >= 11 is 0. The number of hydrogen-bond acceptors (Lipinski definition) is 7. The first-order valence-corrected chi connectivity index (χ1v) is 8.39. The highest BCUT2D eigenvalue weighted by Gasteiger charge is 2.22. The second kappa shape index (κ2) is 7.98. The number of nitrogens with two attached hydrogens (primary N) is 2. The molecule has 2 aromatic heterocycles. The Morgan fingerprint density at radius 3 is 2.44 bits per heavy atom. The average molecular weight is 367 g/mol. The molecule has 0 bridgehead atoms. The van der Waals surface area contributed by atoms with Crippen molar-refractivity contribution in [3.63, 3.8) is 0 Å². The van der Waals surface area contributed by atoms with Crippen LogP contribution in [0.15, 0.2) is 55.1 Å². The molecule has 0 amide bonds. The maximum absolute atomic E-state index is 12.4. The van der Waals surface area contributed by atoms with E-state index in [-0.39, 0.29) is 12.3 Å². The number of aliphatic hydroxyl groups excluding tert-OH is 1. The second-order valence-electron chi connectivity index (χ2n) is 6.33. The van der Waals surface area contributed by atoms with Gasteiger partial charge in [0.2, 0.25) is 0 Å². The lowest BCUT2D eigenvalue weighted by atomic mass is 9.97. The molecule has 140 valence electrons. The molecule has 0 saturated heterocycles. The van der Waals surface area contributed by atoms with Crippen molar-refractivity contribution in [3.05, 3.63) is 71.9 Å². The van der Waals surface area contributed by atoms with E-state index >= 15 is 0 Å². The Bertz CT molecular complexity index is 904. The van der Waals surface area contributed by atoms with E-state index in [9.17, 15) is 15.0 Å². The molecule has 3 aromatic rings. The number of ketones is 1. The van der Waals surface area contributed by atoms with Gasteiger partial charge in [0.25, 0.3) is 0 Å². The highest BCUT2D eigenvalue weighted by Crippen LogP contribution is 2.22. The van der Waals surface area contributed by atoms with Crippen molar-refractivity contribution < 1.29 is 15.0 Å². The highest BCUT2D eigenvalue weighted by atomic mass is 16.5. The number of benzene rings is 1. The molecule has 27 heavy (non-hydrogen) atoms. The van der Waals surface area contributed by atoms with Crippen LogP contribution in [-0.4, -0.2) is 36.8 Å². The fourth-order valence-electron chi connectivity index (χ4n) is 2.75. The highest BCUT2D eigenvalue weighted by molar-refractivity contribution is 5.96. The number of Topliss-reactive ketones (excluding diaryl/α,β-unsaturated/α-hetero) is 1. The van der Waals surface area contributed by atoms with Crippen LogP contribution in [0, 0.1) is 0 Å². The third-order valence-corrected chi connectivity index (χ3v) is 4.26. The standard InChI is InChI=1S/C19H21N5O3/c20-14-4-2-13(3-5-14)17(25)10-24-9-16(23-11-24)15(19(26)27)7-12-1-6-18(21)22-8-12/h1-6,8-9,11,15,19,26-27H,7,10,20H2,(H2,21,22). The van der Waals surface area contributed by atoms with Crippen LogP contribution in [0.4, 0.5) is 11.5 Å². The minimum atomic E-state index is -1.60. The van der Waals surface area contributed by atoms with Crippen molar-refractivity contribution in [1.82, 2.24) is 14.5 Å². The van der Waals surface area contributed by atoms with E-state index in [0.717, 1.165) is 5.56 Å². The zero-order valence-electron chi connectivity index (χ0n) is 14.6. The Morgan fingerprint density at radius 1 is 1.07 bits per heavy atom. The molecule has 8 heteroatoms. The van der Waals surface area contributed by atoms with Gasteiger partial charge >= 0.3 is 0 Å². The third kappa shape index (κ3) is 4.69. The normalized spacial score (nSPS) is 12.3. The van der Waals surface area contributed by atoms with Crippen molar-refractivity contribution in [2.45, 2.75) is 25.2 Å². The van der Waals surface area contributed by atoms with Crippen molar-refractivity contribution >= 4 is 17.3 Å². The van der Waals surface area contributed by atoms with Gasteiger partial charge in [0.05, 0.1) is 24.5 Å². The fourth-order valence-corrected chi connectivity index (χ4v) is 2.75. The summed E-state index contributed by atoms with van der Waals surface area (Å²) in [6.07, 6.45) is 3.46. The number of aliphatic hydroxyl groups is 2. The largest absolute Gasteiger partial charge is 0.399 e. The molecule has 0 aliphatic carbocycles. The van der Waals surface area contributed by atoms with E-state index < -0.39 is 12.2 Å². The van der Waals surface area contributed by atoms with Crippen molar-refractivity contribution in [2.75, 3.05) is 11.5 Å². The minimum Gasteiger partial charge on any atom is -0.399 e. The summed E-state index contributed by atoms with van der Waals surface area (Å²) in [4.78, 5) is 20.6.